The van der Waals surface area contributed by atoms with E-state index in [-0.39, 0.29) is 6.61 Å². The first-order valence-corrected chi connectivity index (χ1v) is 3.84. The molecule has 0 aliphatic heterocycles. The molecule has 4 nitrogen and oxygen atoms in total. The fourth-order valence-electron chi connectivity index (χ4n) is 0.808. The summed E-state index contributed by atoms with van der Waals surface area (Å²) in [6.07, 6.45) is 4.09. The molecule has 1 heterocycles. The first-order chi connectivity index (χ1) is 5.74. The topological polar surface area (TPSA) is 44.1 Å². The fourth-order valence-corrected chi connectivity index (χ4v) is 0.808. The standard InChI is InChI=1S/C8H12N2O2/c1-7(2)10-6-8(5-9-10)12-4-3-11/h3,5-7H,4H2,1-2H3. The molecule has 1 aromatic rings. The van der Waals surface area contributed by atoms with Crippen molar-refractivity contribution in [2.24, 2.45) is 0 Å². The summed E-state index contributed by atoms with van der Waals surface area (Å²) in [7, 11) is 0. The highest BCUT2D eigenvalue weighted by Crippen LogP contribution is 2.11. The Morgan fingerprint density at radius 2 is 2.50 bits per heavy atom. The van der Waals surface area contributed by atoms with Crippen LogP contribution in [-0.4, -0.2) is 22.7 Å². The van der Waals surface area contributed by atoms with Gasteiger partial charge in [0.15, 0.2) is 12.0 Å². The number of nitrogens with zero attached hydrogens (tertiary/aromatic N) is 2. The highest BCUT2D eigenvalue weighted by atomic mass is 16.5. The van der Waals surface area contributed by atoms with Crippen LogP contribution in [0.15, 0.2) is 12.4 Å². The lowest BCUT2D eigenvalue weighted by Crippen LogP contribution is -2.00. The largest absolute Gasteiger partial charge is 0.483 e. The molecule has 0 aliphatic rings. The second kappa shape index (κ2) is 3.90. The number of rotatable bonds is 4. The Bertz CT molecular complexity index is 255. The summed E-state index contributed by atoms with van der Waals surface area (Å²) in [5, 5.41) is 4.04. The molecule has 0 bridgehead atoms. The number of hydrogen-bond acceptors (Lipinski definition) is 3. The molecule has 0 saturated carbocycles. The van der Waals surface area contributed by atoms with E-state index in [1.54, 1.807) is 17.1 Å². The normalized spacial score (nSPS) is 10.2. The molecule has 0 fully saturated rings. The van der Waals surface area contributed by atoms with Crippen molar-refractivity contribution >= 4 is 6.29 Å². The monoisotopic (exact) mass is 168 g/mol. The van der Waals surface area contributed by atoms with Gasteiger partial charge in [-0.15, -0.1) is 0 Å². The van der Waals surface area contributed by atoms with Crippen molar-refractivity contribution in [1.82, 2.24) is 9.78 Å². The van der Waals surface area contributed by atoms with Crippen molar-refractivity contribution in [2.45, 2.75) is 19.9 Å². The van der Waals surface area contributed by atoms with Crippen LogP contribution < -0.4 is 4.74 Å². The lowest BCUT2D eigenvalue weighted by Gasteiger charge is -2.02. The van der Waals surface area contributed by atoms with Gasteiger partial charge in [-0.1, -0.05) is 0 Å². The number of aromatic nitrogens is 2. The van der Waals surface area contributed by atoms with Crippen LogP contribution >= 0.6 is 0 Å². The predicted octanol–water partition coefficient (Wildman–Crippen LogP) is 1.04. The Morgan fingerprint density at radius 3 is 3.00 bits per heavy atom. The molecule has 4 heteroatoms. The van der Waals surface area contributed by atoms with Crippen LogP contribution in [0.25, 0.3) is 0 Å². The van der Waals surface area contributed by atoms with E-state index in [2.05, 4.69) is 5.10 Å². The van der Waals surface area contributed by atoms with Gasteiger partial charge >= 0.3 is 0 Å². The lowest BCUT2D eigenvalue weighted by atomic mass is 10.4. The first kappa shape index (κ1) is 8.77. The van der Waals surface area contributed by atoms with Gasteiger partial charge in [-0.25, -0.2) is 0 Å². The summed E-state index contributed by atoms with van der Waals surface area (Å²) in [6, 6.07) is 0.318. The van der Waals surface area contributed by atoms with E-state index in [9.17, 15) is 4.79 Å². The maximum atomic E-state index is 9.97. The zero-order valence-corrected chi connectivity index (χ0v) is 7.23. The van der Waals surface area contributed by atoms with Gasteiger partial charge in [0.2, 0.25) is 0 Å². The minimum atomic E-state index is 0.0871. The number of carbonyl (C=O) groups excluding carboxylic acids is 1. The first-order valence-electron chi connectivity index (χ1n) is 3.84. The smallest absolute Gasteiger partial charge is 0.157 e. The second-order valence-electron chi connectivity index (χ2n) is 2.73. The molecule has 1 aromatic heterocycles. The van der Waals surface area contributed by atoms with Crippen molar-refractivity contribution in [2.75, 3.05) is 6.61 Å². The quantitative estimate of drug-likeness (QED) is 0.631. The molecule has 0 N–H and O–H groups in total. The summed E-state index contributed by atoms with van der Waals surface area (Å²) < 4.78 is 6.81. The molecule has 0 radical (unpaired) electrons. The minimum absolute atomic E-state index is 0.0871. The molecule has 66 valence electrons. The third-order valence-electron chi connectivity index (χ3n) is 1.42. The lowest BCUT2D eigenvalue weighted by molar-refractivity contribution is -0.109. The van der Waals surface area contributed by atoms with E-state index >= 15 is 0 Å². The Balaban J connectivity index is 2.58. The van der Waals surface area contributed by atoms with Gasteiger partial charge in [0.25, 0.3) is 0 Å². The average molecular weight is 168 g/mol. The van der Waals surface area contributed by atoms with Gasteiger partial charge in [-0.05, 0) is 13.8 Å². The molecule has 0 amide bonds. The molecule has 12 heavy (non-hydrogen) atoms. The van der Waals surface area contributed by atoms with Crippen molar-refractivity contribution in [3.05, 3.63) is 12.4 Å². The molecule has 0 unspecified atom stereocenters. The van der Waals surface area contributed by atoms with Gasteiger partial charge in [0, 0.05) is 6.04 Å². The minimum Gasteiger partial charge on any atom is -0.483 e. The van der Waals surface area contributed by atoms with Gasteiger partial charge in [-0.2, -0.15) is 5.10 Å². The third-order valence-corrected chi connectivity index (χ3v) is 1.42. The van der Waals surface area contributed by atoms with Gasteiger partial charge in [-0.3, -0.25) is 9.48 Å². The van der Waals surface area contributed by atoms with Crippen LogP contribution in [0.3, 0.4) is 0 Å². The van der Waals surface area contributed by atoms with Crippen LogP contribution in [0.2, 0.25) is 0 Å². The number of hydrogen-bond donors (Lipinski definition) is 0. The summed E-state index contributed by atoms with van der Waals surface area (Å²) >= 11 is 0. The number of carbonyl (C=O) groups is 1. The molecule has 0 atom stereocenters. The second-order valence-corrected chi connectivity index (χ2v) is 2.73. The maximum absolute atomic E-state index is 9.97. The van der Waals surface area contributed by atoms with Crippen molar-refractivity contribution < 1.29 is 9.53 Å². The van der Waals surface area contributed by atoms with Crippen LogP contribution in [-0.2, 0) is 4.79 Å². The van der Waals surface area contributed by atoms with Gasteiger partial charge in [0.05, 0.1) is 12.4 Å². The highest BCUT2D eigenvalue weighted by molar-refractivity contribution is 5.51. The van der Waals surface area contributed by atoms with Crippen molar-refractivity contribution in [3.63, 3.8) is 0 Å². The van der Waals surface area contributed by atoms with Crippen LogP contribution in [0.4, 0.5) is 0 Å². The number of ether oxygens (including phenoxy) is 1. The summed E-state index contributed by atoms with van der Waals surface area (Å²) in [6.45, 7) is 4.14. The van der Waals surface area contributed by atoms with Crippen LogP contribution in [0, 0.1) is 0 Å². The van der Waals surface area contributed by atoms with Crippen molar-refractivity contribution in [1.29, 1.82) is 0 Å². The molecule has 0 spiro atoms. The van der Waals surface area contributed by atoms with E-state index in [1.807, 2.05) is 13.8 Å². The molecule has 1 rings (SSSR count). The maximum Gasteiger partial charge on any atom is 0.157 e. The Kier molecular flexibility index (Phi) is 2.85. The van der Waals surface area contributed by atoms with Crippen LogP contribution in [0.1, 0.15) is 19.9 Å². The average Bonchev–Trinajstić information content (AvgIpc) is 2.48. The summed E-state index contributed by atoms with van der Waals surface area (Å²) in [5.74, 6) is 0.635. The molecule has 0 aliphatic carbocycles. The van der Waals surface area contributed by atoms with E-state index in [0.717, 1.165) is 0 Å². The molecular formula is C8H12N2O2. The van der Waals surface area contributed by atoms with Crippen LogP contribution in [0.5, 0.6) is 5.75 Å². The molecule has 0 saturated heterocycles. The third kappa shape index (κ3) is 2.08. The Labute approximate surface area is 71.1 Å². The van der Waals surface area contributed by atoms with E-state index < -0.39 is 0 Å². The highest BCUT2D eigenvalue weighted by Gasteiger charge is 2.00. The van der Waals surface area contributed by atoms with Gasteiger partial charge < -0.3 is 4.74 Å². The SMILES string of the molecule is CC(C)n1cc(OCC=O)cn1. The summed E-state index contributed by atoms with van der Waals surface area (Å²) in [5.41, 5.74) is 0. The van der Waals surface area contributed by atoms with E-state index in [4.69, 9.17) is 4.74 Å². The zero-order valence-electron chi connectivity index (χ0n) is 7.23. The Morgan fingerprint density at radius 1 is 1.75 bits per heavy atom. The van der Waals surface area contributed by atoms with E-state index in [0.29, 0.717) is 18.1 Å². The van der Waals surface area contributed by atoms with E-state index in [1.165, 1.54) is 0 Å². The number of aldehydes is 1. The fraction of sp³-hybridized carbons (Fsp3) is 0.500. The van der Waals surface area contributed by atoms with Gasteiger partial charge in [0.1, 0.15) is 6.61 Å². The predicted molar refractivity (Wildman–Crippen MR) is 44.2 cm³/mol. The molecular weight excluding hydrogens is 156 g/mol. The Hall–Kier alpha value is -1.32. The molecule has 0 aromatic carbocycles. The zero-order chi connectivity index (χ0) is 8.97. The van der Waals surface area contributed by atoms with Crippen molar-refractivity contribution in [3.8, 4) is 5.75 Å². The summed E-state index contributed by atoms with van der Waals surface area (Å²) in [4.78, 5) is 9.97.